The van der Waals surface area contributed by atoms with Crippen molar-refractivity contribution in [2.75, 3.05) is 18.5 Å². The number of carbonyl (C=O) groups excluding carboxylic acids is 1. The minimum Gasteiger partial charge on any atom is -0.489 e. The lowest BCUT2D eigenvalue weighted by Gasteiger charge is -2.09. The number of rotatable bonds is 5. The van der Waals surface area contributed by atoms with Crippen LogP contribution in [0.4, 0.5) is 10.5 Å². The largest absolute Gasteiger partial charge is 0.489 e. The Hall–Kier alpha value is -1.72. The summed E-state index contributed by atoms with van der Waals surface area (Å²) in [6.45, 7) is 0.399. The molecule has 21 heavy (non-hydrogen) atoms. The zero-order chi connectivity index (χ0) is 15.1. The highest BCUT2D eigenvalue weighted by molar-refractivity contribution is 9.10. The number of benzene rings is 2. The fourth-order valence-corrected chi connectivity index (χ4v) is 2.35. The lowest BCUT2D eigenvalue weighted by molar-refractivity contribution is 0.137. The van der Waals surface area contributed by atoms with Crippen LogP contribution in [0.1, 0.15) is 0 Å². The predicted octanol–water partition coefficient (Wildman–Crippen LogP) is 4.73. The average Bonchev–Trinajstić information content (AvgIpc) is 2.46. The molecule has 110 valence electrons. The molecule has 0 spiro atoms. The van der Waals surface area contributed by atoms with Crippen molar-refractivity contribution >= 4 is 39.3 Å². The van der Waals surface area contributed by atoms with E-state index in [2.05, 4.69) is 21.2 Å². The molecule has 0 saturated heterocycles. The molecule has 0 bridgehead atoms. The van der Waals surface area contributed by atoms with Crippen molar-refractivity contribution in [3.63, 3.8) is 0 Å². The predicted molar refractivity (Wildman–Crippen MR) is 86.1 cm³/mol. The lowest BCUT2D eigenvalue weighted by Crippen LogP contribution is -2.17. The molecule has 0 unspecified atom stereocenters. The highest BCUT2D eigenvalue weighted by atomic mass is 79.9. The van der Waals surface area contributed by atoms with Gasteiger partial charge in [0.25, 0.3) is 0 Å². The van der Waals surface area contributed by atoms with Gasteiger partial charge in [-0.05, 0) is 46.3 Å². The van der Waals surface area contributed by atoms with E-state index in [9.17, 15) is 4.79 Å². The third-order valence-corrected chi connectivity index (χ3v) is 3.34. The molecule has 0 aliphatic heterocycles. The Labute approximate surface area is 136 Å². The first kappa shape index (κ1) is 15.7. The molecule has 1 amide bonds. The van der Waals surface area contributed by atoms with Crippen molar-refractivity contribution in [2.45, 2.75) is 0 Å². The molecule has 2 rings (SSSR count). The van der Waals surface area contributed by atoms with E-state index in [1.807, 2.05) is 18.2 Å². The summed E-state index contributed by atoms with van der Waals surface area (Å²) in [5.41, 5.74) is 0.684. The maximum atomic E-state index is 11.5. The summed E-state index contributed by atoms with van der Waals surface area (Å²) in [6, 6.07) is 14.3. The van der Waals surface area contributed by atoms with Crippen LogP contribution in [-0.2, 0) is 4.74 Å². The van der Waals surface area contributed by atoms with Crippen molar-refractivity contribution < 1.29 is 14.3 Å². The van der Waals surface area contributed by atoms with Crippen LogP contribution >= 0.6 is 27.5 Å². The second-order valence-electron chi connectivity index (χ2n) is 4.05. The number of amides is 1. The molecule has 0 heterocycles. The van der Waals surface area contributed by atoms with Crippen molar-refractivity contribution in [3.8, 4) is 5.75 Å². The van der Waals surface area contributed by atoms with Gasteiger partial charge in [0.1, 0.15) is 19.0 Å². The summed E-state index contributed by atoms with van der Waals surface area (Å²) in [5.74, 6) is 0.645. The summed E-state index contributed by atoms with van der Waals surface area (Å²) in [7, 11) is 0. The SMILES string of the molecule is O=C(Nc1ccccc1)OCCOc1ccc(Cl)cc1Br. The third kappa shape index (κ3) is 5.28. The van der Waals surface area contributed by atoms with E-state index in [1.165, 1.54) is 0 Å². The first-order chi connectivity index (χ1) is 10.1. The van der Waals surface area contributed by atoms with E-state index < -0.39 is 6.09 Å². The fraction of sp³-hybridized carbons (Fsp3) is 0.133. The summed E-state index contributed by atoms with van der Waals surface area (Å²) < 4.78 is 11.3. The van der Waals surface area contributed by atoms with Crippen LogP contribution in [0.25, 0.3) is 0 Å². The molecular formula is C15H13BrClNO3. The van der Waals surface area contributed by atoms with Gasteiger partial charge < -0.3 is 9.47 Å². The van der Waals surface area contributed by atoms with E-state index in [0.29, 0.717) is 16.5 Å². The van der Waals surface area contributed by atoms with Gasteiger partial charge >= 0.3 is 6.09 Å². The molecule has 0 radical (unpaired) electrons. The minimum absolute atomic E-state index is 0.147. The van der Waals surface area contributed by atoms with E-state index in [-0.39, 0.29) is 13.2 Å². The number of hydrogen-bond acceptors (Lipinski definition) is 3. The highest BCUT2D eigenvalue weighted by Crippen LogP contribution is 2.27. The molecule has 0 saturated carbocycles. The molecule has 0 fully saturated rings. The van der Waals surface area contributed by atoms with Crippen LogP contribution in [0.5, 0.6) is 5.75 Å². The summed E-state index contributed by atoms with van der Waals surface area (Å²) in [5, 5.41) is 3.23. The van der Waals surface area contributed by atoms with Gasteiger partial charge in [0, 0.05) is 10.7 Å². The number of hydrogen-bond donors (Lipinski definition) is 1. The Kier molecular flexibility index (Phi) is 5.90. The van der Waals surface area contributed by atoms with Gasteiger partial charge in [-0.2, -0.15) is 0 Å². The van der Waals surface area contributed by atoms with E-state index in [1.54, 1.807) is 30.3 Å². The van der Waals surface area contributed by atoms with Crippen molar-refractivity contribution in [2.24, 2.45) is 0 Å². The fourth-order valence-electron chi connectivity index (χ4n) is 1.55. The van der Waals surface area contributed by atoms with E-state index in [4.69, 9.17) is 21.1 Å². The monoisotopic (exact) mass is 369 g/mol. The Morgan fingerprint density at radius 3 is 2.62 bits per heavy atom. The van der Waals surface area contributed by atoms with E-state index in [0.717, 1.165) is 4.47 Å². The van der Waals surface area contributed by atoms with Gasteiger partial charge in [-0.15, -0.1) is 0 Å². The molecule has 0 aliphatic carbocycles. The third-order valence-electron chi connectivity index (χ3n) is 2.49. The van der Waals surface area contributed by atoms with Gasteiger partial charge in [-0.3, -0.25) is 5.32 Å². The first-order valence-corrected chi connectivity index (χ1v) is 7.39. The van der Waals surface area contributed by atoms with Gasteiger partial charge in [-0.25, -0.2) is 4.79 Å². The first-order valence-electron chi connectivity index (χ1n) is 6.22. The van der Waals surface area contributed by atoms with Gasteiger partial charge in [0.05, 0.1) is 4.47 Å². The van der Waals surface area contributed by atoms with Gasteiger partial charge in [0.2, 0.25) is 0 Å². The Bertz CT molecular complexity index is 607. The number of carbonyl (C=O) groups is 1. The topological polar surface area (TPSA) is 47.6 Å². The summed E-state index contributed by atoms with van der Waals surface area (Å²) >= 11 is 9.18. The standard InChI is InChI=1S/C15H13BrClNO3/c16-13-10-11(17)6-7-14(13)20-8-9-21-15(19)18-12-4-2-1-3-5-12/h1-7,10H,8-9H2,(H,18,19). The van der Waals surface area contributed by atoms with E-state index >= 15 is 0 Å². The lowest BCUT2D eigenvalue weighted by atomic mass is 10.3. The Balaban J connectivity index is 1.71. The van der Waals surface area contributed by atoms with Crippen LogP contribution in [0.3, 0.4) is 0 Å². The van der Waals surface area contributed by atoms with Crippen LogP contribution in [0.2, 0.25) is 5.02 Å². The normalized spacial score (nSPS) is 10.0. The Morgan fingerprint density at radius 2 is 1.90 bits per heavy atom. The maximum Gasteiger partial charge on any atom is 0.411 e. The smallest absolute Gasteiger partial charge is 0.411 e. The molecular weight excluding hydrogens is 358 g/mol. The zero-order valence-corrected chi connectivity index (χ0v) is 13.4. The van der Waals surface area contributed by atoms with Gasteiger partial charge in [0.15, 0.2) is 0 Å². The summed E-state index contributed by atoms with van der Waals surface area (Å²) in [6.07, 6.45) is -0.514. The molecule has 6 heteroatoms. The van der Waals surface area contributed by atoms with Crippen LogP contribution < -0.4 is 10.1 Å². The molecule has 4 nitrogen and oxygen atoms in total. The minimum atomic E-state index is -0.514. The quantitative estimate of drug-likeness (QED) is 0.774. The number of nitrogens with one attached hydrogen (secondary N) is 1. The second kappa shape index (κ2) is 7.90. The number of ether oxygens (including phenoxy) is 2. The van der Waals surface area contributed by atoms with Crippen LogP contribution in [0, 0.1) is 0 Å². The van der Waals surface area contributed by atoms with Crippen LogP contribution in [0.15, 0.2) is 53.0 Å². The Morgan fingerprint density at radius 1 is 1.14 bits per heavy atom. The maximum absolute atomic E-state index is 11.5. The average molecular weight is 371 g/mol. The van der Waals surface area contributed by atoms with Gasteiger partial charge in [-0.1, -0.05) is 29.8 Å². The number of para-hydroxylation sites is 1. The molecule has 2 aromatic carbocycles. The van der Waals surface area contributed by atoms with Crippen LogP contribution in [-0.4, -0.2) is 19.3 Å². The zero-order valence-electron chi connectivity index (χ0n) is 11.0. The summed E-state index contributed by atoms with van der Waals surface area (Å²) in [4.78, 5) is 11.5. The van der Waals surface area contributed by atoms with Crippen molar-refractivity contribution in [1.82, 2.24) is 0 Å². The molecule has 0 aliphatic rings. The molecule has 0 aromatic heterocycles. The molecule has 0 atom stereocenters. The highest BCUT2D eigenvalue weighted by Gasteiger charge is 2.04. The number of anilines is 1. The van der Waals surface area contributed by atoms with Crippen molar-refractivity contribution in [1.29, 1.82) is 0 Å². The van der Waals surface area contributed by atoms with Crippen molar-refractivity contribution in [3.05, 3.63) is 58.0 Å². The molecule has 1 N–H and O–H groups in total. The number of halogens is 2. The second-order valence-corrected chi connectivity index (χ2v) is 5.34. The molecule has 2 aromatic rings.